The molecule has 0 saturated carbocycles. The molecule has 3 aromatic carbocycles. The van der Waals surface area contributed by atoms with Crippen LogP contribution in [0.4, 0.5) is 11.4 Å². The van der Waals surface area contributed by atoms with Crippen molar-refractivity contribution in [2.24, 2.45) is 0 Å². The van der Waals surface area contributed by atoms with Gasteiger partial charge in [-0.25, -0.2) is 4.79 Å². The molecular formula is C22H14Cl2N2O3. The van der Waals surface area contributed by atoms with Gasteiger partial charge < -0.3 is 15.7 Å². The van der Waals surface area contributed by atoms with Crippen molar-refractivity contribution in [3.8, 4) is 11.1 Å². The highest BCUT2D eigenvalue weighted by Crippen LogP contribution is 2.50. The van der Waals surface area contributed by atoms with E-state index in [0.29, 0.717) is 39.0 Å². The Morgan fingerprint density at radius 2 is 1.83 bits per heavy atom. The summed E-state index contributed by atoms with van der Waals surface area (Å²) in [6.45, 7) is 0. The average molecular weight is 425 g/mol. The standard InChI is InChI=1S/C22H14Cl2N2O3/c23-12-4-1-3-11(7-12)10-22-16-8-15(17(24)9-18(16)25-21(22)29)13-5-2-6-14(20(27)28)19(13)26-22/h1-9,26H,10H2,(H,25,29)(H,27,28). The lowest BCUT2D eigenvalue weighted by Gasteiger charge is -2.30. The van der Waals surface area contributed by atoms with Gasteiger partial charge >= 0.3 is 5.97 Å². The summed E-state index contributed by atoms with van der Waals surface area (Å²) in [5.41, 5.74) is 2.78. The molecule has 29 heavy (non-hydrogen) atoms. The normalized spacial score (nSPS) is 18.5. The Morgan fingerprint density at radius 1 is 1.03 bits per heavy atom. The molecule has 2 bridgehead atoms. The Bertz CT molecular complexity index is 1220. The van der Waals surface area contributed by atoms with E-state index in [1.54, 1.807) is 30.3 Å². The minimum absolute atomic E-state index is 0.0766. The minimum atomic E-state index is -1.18. The molecule has 3 aromatic rings. The smallest absolute Gasteiger partial charge is 0.337 e. The number of hydrogen-bond donors (Lipinski definition) is 3. The van der Waals surface area contributed by atoms with Gasteiger partial charge in [0.15, 0.2) is 0 Å². The van der Waals surface area contributed by atoms with Crippen molar-refractivity contribution in [1.29, 1.82) is 0 Å². The van der Waals surface area contributed by atoms with Crippen LogP contribution in [0.25, 0.3) is 11.1 Å². The maximum Gasteiger partial charge on any atom is 0.337 e. The van der Waals surface area contributed by atoms with E-state index in [1.165, 1.54) is 6.07 Å². The zero-order chi connectivity index (χ0) is 20.3. The molecule has 0 spiro atoms. The third-order valence-corrected chi connectivity index (χ3v) is 6.03. The van der Waals surface area contributed by atoms with Crippen LogP contribution in [0.3, 0.4) is 0 Å². The van der Waals surface area contributed by atoms with Crippen molar-refractivity contribution in [2.75, 3.05) is 10.6 Å². The molecule has 1 unspecified atom stereocenters. The van der Waals surface area contributed by atoms with Crippen LogP contribution in [0.5, 0.6) is 0 Å². The van der Waals surface area contributed by atoms with Crippen LogP contribution in [0.15, 0.2) is 54.6 Å². The lowest BCUT2D eigenvalue weighted by molar-refractivity contribution is -0.119. The van der Waals surface area contributed by atoms with Gasteiger partial charge in [-0.2, -0.15) is 0 Å². The number of halogens is 2. The van der Waals surface area contributed by atoms with E-state index in [-0.39, 0.29) is 11.5 Å². The number of carbonyl (C=O) groups is 2. The Kier molecular flexibility index (Phi) is 3.88. The SMILES string of the molecule is O=C(O)c1cccc2c1NC1(Cc3cccc(Cl)c3)C(=O)Nc3cc(Cl)c-2cc31. The van der Waals surface area contributed by atoms with Gasteiger partial charge in [0.2, 0.25) is 0 Å². The molecule has 5 rings (SSSR count). The van der Waals surface area contributed by atoms with Gasteiger partial charge in [-0.05, 0) is 35.9 Å². The highest BCUT2D eigenvalue weighted by molar-refractivity contribution is 6.34. The van der Waals surface area contributed by atoms with Crippen molar-refractivity contribution in [3.05, 3.63) is 81.3 Å². The molecule has 2 aliphatic heterocycles. The van der Waals surface area contributed by atoms with Gasteiger partial charge in [0, 0.05) is 33.8 Å². The fraction of sp³-hybridized carbons (Fsp3) is 0.0909. The molecule has 0 aliphatic carbocycles. The van der Waals surface area contributed by atoms with Crippen molar-refractivity contribution in [1.82, 2.24) is 0 Å². The third-order valence-electron chi connectivity index (χ3n) is 5.48. The summed E-state index contributed by atoms with van der Waals surface area (Å²) in [4.78, 5) is 25.2. The number of benzene rings is 3. The number of para-hydroxylation sites is 1. The van der Waals surface area contributed by atoms with Gasteiger partial charge in [-0.15, -0.1) is 0 Å². The number of nitrogens with one attached hydrogen (secondary N) is 2. The van der Waals surface area contributed by atoms with Crippen LogP contribution in [0.2, 0.25) is 10.0 Å². The molecule has 5 nitrogen and oxygen atoms in total. The predicted molar refractivity (Wildman–Crippen MR) is 113 cm³/mol. The topological polar surface area (TPSA) is 78.4 Å². The molecule has 7 heteroatoms. The average Bonchev–Trinajstić information content (AvgIpc) is 2.84. The van der Waals surface area contributed by atoms with E-state index in [0.717, 1.165) is 11.1 Å². The Balaban J connectivity index is 1.80. The molecule has 1 amide bonds. The number of hydrogen-bond acceptors (Lipinski definition) is 3. The van der Waals surface area contributed by atoms with E-state index < -0.39 is 11.5 Å². The monoisotopic (exact) mass is 424 g/mol. The van der Waals surface area contributed by atoms with E-state index in [1.807, 2.05) is 18.2 Å². The Labute approximate surface area is 176 Å². The summed E-state index contributed by atoms with van der Waals surface area (Å²) >= 11 is 12.6. The second-order valence-corrected chi connectivity index (χ2v) is 8.05. The molecule has 0 saturated heterocycles. The molecule has 0 aromatic heterocycles. The van der Waals surface area contributed by atoms with Crippen LogP contribution in [-0.4, -0.2) is 17.0 Å². The maximum absolute atomic E-state index is 13.3. The summed E-state index contributed by atoms with van der Waals surface area (Å²) in [5, 5.41) is 16.9. The zero-order valence-corrected chi connectivity index (χ0v) is 16.4. The second-order valence-electron chi connectivity index (χ2n) is 7.20. The second kappa shape index (κ2) is 6.24. The molecule has 2 heterocycles. The highest BCUT2D eigenvalue weighted by Gasteiger charge is 2.49. The lowest BCUT2D eigenvalue weighted by Crippen LogP contribution is -2.44. The number of rotatable bonds is 3. The minimum Gasteiger partial charge on any atom is -0.478 e. The molecule has 2 aliphatic rings. The predicted octanol–water partition coefficient (Wildman–Crippen LogP) is 5.17. The summed E-state index contributed by atoms with van der Waals surface area (Å²) in [6, 6.07) is 15.8. The van der Waals surface area contributed by atoms with Crippen LogP contribution < -0.4 is 10.6 Å². The lowest BCUT2D eigenvalue weighted by atomic mass is 9.84. The summed E-state index contributed by atoms with van der Waals surface area (Å²) in [7, 11) is 0. The van der Waals surface area contributed by atoms with Gasteiger partial charge in [-0.1, -0.05) is 47.5 Å². The largest absolute Gasteiger partial charge is 0.478 e. The zero-order valence-electron chi connectivity index (χ0n) is 14.9. The molecule has 0 fully saturated rings. The van der Waals surface area contributed by atoms with E-state index >= 15 is 0 Å². The first-order chi connectivity index (χ1) is 13.9. The first kappa shape index (κ1) is 18.0. The van der Waals surface area contributed by atoms with E-state index in [2.05, 4.69) is 10.6 Å². The van der Waals surface area contributed by atoms with Crippen LogP contribution >= 0.6 is 23.2 Å². The molecule has 3 N–H and O–H groups in total. The third kappa shape index (κ3) is 2.62. The number of aromatic carboxylic acids is 1. The van der Waals surface area contributed by atoms with Crippen molar-refractivity contribution < 1.29 is 14.7 Å². The quantitative estimate of drug-likeness (QED) is 0.541. The number of anilines is 2. The number of carbonyl (C=O) groups excluding carboxylic acids is 1. The highest BCUT2D eigenvalue weighted by atomic mass is 35.5. The van der Waals surface area contributed by atoms with Gasteiger partial charge in [0.1, 0.15) is 5.54 Å². The van der Waals surface area contributed by atoms with E-state index in [4.69, 9.17) is 23.2 Å². The molecule has 1 atom stereocenters. The van der Waals surface area contributed by atoms with E-state index in [9.17, 15) is 14.7 Å². The molecule has 0 radical (unpaired) electrons. The molecule has 144 valence electrons. The number of carboxylic acid groups (broad SMARTS) is 1. The number of amides is 1. The van der Waals surface area contributed by atoms with Gasteiger partial charge in [-0.3, -0.25) is 4.79 Å². The van der Waals surface area contributed by atoms with Crippen molar-refractivity contribution in [3.63, 3.8) is 0 Å². The first-order valence-electron chi connectivity index (χ1n) is 8.94. The van der Waals surface area contributed by atoms with Crippen molar-refractivity contribution >= 4 is 46.5 Å². The Hall–Kier alpha value is -3.02. The van der Waals surface area contributed by atoms with Crippen LogP contribution in [0.1, 0.15) is 21.5 Å². The first-order valence-corrected chi connectivity index (χ1v) is 9.69. The maximum atomic E-state index is 13.3. The van der Waals surface area contributed by atoms with Crippen molar-refractivity contribution in [2.45, 2.75) is 12.0 Å². The van der Waals surface area contributed by atoms with Crippen LogP contribution in [0, 0.1) is 0 Å². The number of carboxylic acids is 1. The fourth-order valence-corrected chi connectivity index (χ4v) is 4.67. The molecular weight excluding hydrogens is 411 g/mol. The van der Waals surface area contributed by atoms with Crippen LogP contribution in [-0.2, 0) is 16.8 Å². The summed E-state index contributed by atoms with van der Waals surface area (Å²) in [6.07, 6.45) is 0.293. The summed E-state index contributed by atoms with van der Waals surface area (Å²) in [5.74, 6) is -1.36. The van der Waals surface area contributed by atoms with Gasteiger partial charge in [0.05, 0.1) is 16.3 Å². The number of fused-ring (bicyclic) bond motifs is 3. The summed E-state index contributed by atoms with van der Waals surface area (Å²) < 4.78 is 0. The Morgan fingerprint density at radius 3 is 2.59 bits per heavy atom. The fourth-order valence-electron chi connectivity index (χ4n) is 4.19. The van der Waals surface area contributed by atoms with Gasteiger partial charge in [0.25, 0.3) is 5.91 Å².